The van der Waals surface area contributed by atoms with Gasteiger partial charge in [-0.25, -0.2) is 0 Å². The third-order valence-electron chi connectivity index (χ3n) is 4.65. The highest BCUT2D eigenvalue weighted by Crippen LogP contribution is 2.02. The summed E-state index contributed by atoms with van der Waals surface area (Å²) in [6.45, 7) is 9.13. The summed E-state index contributed by atoms with van der Waals surface area (Å²) in [6, 6.07) is 0. The summed E-state index contributed by atoms with van der Waals surface area (Å²) < 4.78 is 43.3. The maximum absolute atomic E-state index is 11.4. The number of rotatable bonds is 27. The van der Waals surface area contributed by atoms with Crippen molar-refractivity contribution in [3.05, 3.63) is 12.2 Å². The van der Waals surface area contributed by atoms with Crippen LogP contribution in [-0.2, 0) is 47.5 Å². The highest BCUT2D eigenvalue weighted by Gasteiger charge is 2.22. The molecule has 0 unspecified atom stereocenters. The minimum Gasteiger partial charge on any atom is -0.378 e. The van der Waals surface area contributed by atoms with Crippen molar-refractivity contribution in [1.29, 1.82) is 0 Å². The summed E-state index contributed by atoms with van der Waals surface area (Å²) >= 11 is 0. The van der Waals surface area contributed by atoms with Gasteiger partial charge in [0.25, 0.3) is 11.8 Å². The average Bonchev–Trinajstić information content (AvgIpc) is 3.18. The second-order valence-electron chi connectivity index (χ2n) is 7.86. The third-order valence-corrected chi connectivity index (χ3v) is 4.65. The molecule has 12 nitrogen and oxygen atoms in total. The van der Waals surface area contributed by atoms with Crippen molar-refractivity contribution in [3.8, 4) is 0 Å². The quantitative estimate of drug-likeness (QED) is 0.104. The van der Waals surface area contributed by atoms with Gasteiger partial charge in [-0.1, -0.05) is 0 Å². The Morgan fingerprint density at radius 3 is 1.08 bits per heavy atom. The van der Waals surface area contributed by atoms with E-state index >= 15 is 0 Å². The Morgan fingerprint density at radius 1 is 0.500 bits per heavy atom. The lowest BCUT2D eigenvalue weighted by atomic mass is 10.5. The topological polar surface area (TPSA) is 114 Å². The van der Waals surface area contributed by atoms with Crippen LogP contribution in [-0.4, -0.2) is 155 Å². The van der Waals surface area contributed by atoms with Crippen molar-refractivity contribution < 1.29 is 47.5 Å². The van der Waals surface area contributed by atoms with Gasteiger partial charge in [0.1, 0.15) is 0 Å². The van der Waals surface area contributed by atoms with Gasteiger partial charge in [0, 0.05) is 18.7 Å². The largest absolute Gasteiger partial charge is 0.378 e. The lowest BCUT2D eigenvalue weighted by Gasteiger charge is -2.13. The number of amides is 2. The van der Waals surface area contributed by atoms with Crippen LogP contribution in [0.15, 0.2) is 12.2 Å². The molecule has 0 saturated carbocycles. The van der Waals surface area contributed by atoms with Crippen molar-refractivity contribution in [3.63, 3.8) is 0 Å². The maximum Gasteiger partial charge on any atom is 0.253 e. The van der Waals surface area contributed by atoms with Gasteiger partial charge in [-0.3, -0.25) is 14.5 Å². The van der Waals surface area contributed by atoms with Crippen LogP contribution in [0.3, 0.4) is 0 Å². The van der Waals surface area contributed by atoms with Crippen LogP contribution in [0.25, 0.3) is 0 Å². The van der Waals surface area contributed by atoms with Crippen LogP contribution in [0.5, 0.6) is 0 Å². The summed E-state index contributed by atoms with van der Waals surface area (Å²) in [4.78, 5) is 25.9. The van der Waals surface area contributed by atoms with E-state index in [1.165, 1.54) is 12.2 Å². The minimum atomic E-state index is -0.302. The van der Waals surface area contributed by atoms with Crippen molar-refractivity contribution in [2.45, 2.75) is 0 Å². The van der Waals surface area contributed by atoms with Crippen molar-refractivity contribution in [2.75, 3.05) is 133 Å². The lowest BCUT2D eigenvalue weighted by Crippen LogP contribution is -2.33. The normalized spacial score (nSPS) is 13.6. The first-order valence-electron chi connectivity index (χ1n) is 12.4. The lowest BCUT2D eigenvalue weighted by molar-refractivity contribution is -0.137. The van der Waals surface area contributed by atoms with E-state index in [0.29, 0.717) is 99.1 Å². The number of imide groups is 1. The Bertz CT molecular complexity index is 559. The maximum atomic E-state index is 11.4. The second kappa shape index (κ2) is 23.9. The monoisotopic (exact) mass is 520 g/mol. The van der Waals surface area contributed by atoms with Crippen molar-refractivity contribution in [2.24, 2.45) is 0 Å². The smallest absolute Gasteiger partial charge is 0.253 e. The molecule has 36 heavy (non-hydrogen) atoms. The number of carbonyl (C=O) groups excluding carboxylic acids is 2. The van der Waals surface area contributed by atoms with Gasteiger partial charge in [0.05, 0.1) is 112 Å². The summed E-state index contributed by atoms with van der Waals surface area (Å²) in [5.41, 5.74) is 0. The fourth-order valence-electron chi connectivity index (χ4n) is 2.70. The third kappa shape index (κ3) is 19.7. The molecule has 1 aliphatic rings. The van der Waals surface area contributed by atoms with Gasteiger partial charge in [-0.15, -0.1) is 0 Å². The van der Waals surface area contributed by atoms with E-state index in [2.05, 4.69) is 4.90 Å². The zero-order valence-corrected chi connectivity index (χ0v) is 21.9. The van der Waals surface area contributed by atoms with Crippen LogP contribution in [0.2, 0.25) is 0 Å². The van der Waals surface area contributed by atoms with Gasteiger partial charge in [-0.2, -0.15) is 0 Å². The Hall–Kier alpha value is -1.48. The summed E-state index contributed by atoms with van der Waals surface area (Å²) in [6.07, 6.45) is 2.51. The van der Waals surface area contributed by atoms with Gasteiger partial charge in [0.15, 0.2) is 0 Å². The zero-order valence-electron chi connectivity index (χ0n) is 21.9. The molecule has 0 radical (unpaired) electrons. The number of ether oxygens (including phenoxy) is 8. The van der Waals surface area contributed by atoms with Gasteiger partial charge in [-0.05, 0) is 14.1 Å². The zero-order chi connectivity index (χ0) is 26.1. The molecular weight excluding hydrogens is 476 g/mol. The molecule has 0 spiro atoms. The average molecular weight is 521 g/mol. The molecule has 1 rings (SSSR count). The Balaban J connectivity index is 1.65. The number of hydrogen-bond donors (Lipinski definition) is 0. The first-order valence-corrected chi connectivity index (χ1v) is 12.4. The summed E-state index contributed by atoms with van der Waals surface area (Å²) in [7, 11) is 4.03. The van der Waals surface area contributed by atoms with Crippen molar-refractivity contribution >= 4 is 11.8 Å². The molecule has 2 amide bonds. The Labute approximate surface area is 214 Å². The van der Waals surface area contributed by atoms with E-state index < -0.39 is 0 Å². The molecule has 0 fully saturated rings. The highest BCUT2D eigenvalue weighted by atomic mass is 16.6. The van der Waals surface area contributed by atoms with E-state index in [1.54, 1.807) is 0 Å². The van der Waals surface area contributed by atoms with E-state index in [1.807, 2.05) is 14.1 Å². The fraction of sp³-hybridized carbons (Fsp3) is 0.833. The molecule has 0 atom stereocenters. The van der Waals surface area contributed by atoms with Crippen LogP contribution in [0, 0.1) is 0 Å². The second-order valence-corrected chi connectivity index (χ2v) is 7.86. The van der Waals surface area contributed by atoms with Crippen LogP contribution in [0.1, 0.15) is 0 Å². The number of carbonyl (C=O) groups is 2. The van der Waals surface area contributed by atoms with E-state index in [-0.39, 0.29) is 25.0 Å². The molecule has 0 bridgehead atoms. The molecule has 0 saturated heterocycles. The van der Waals surface area contributed by atoms with Gasteiger partial charge < -0.3 is 42.8 Å². The first-order chi connectivity index (χ1) is 17.6. The summed E-state index contributed by atoms with van der Waals surface area (Å²) in [5, 5.41) is 0. The molecule has 1 heterocycles. The molecule has 12 heteroatoms. The summed E-state index contributed by atoms with van der Waals surface area (Å²) in [5.74, 6) is -0.603. The first kappa shape index (κ1) is 32.5. The minimum absolute atomic E-state index is 0.247. The molecule has 0 aromatic heterocycles. The highest BCUT2D eigenvalue weighted by molar-refractivity contribution is 6.12. The molecule has 0 aromatic carbocycles. The van der Waals surface area contributed by atoms with Crippen molar-refractivity contribution in [1.82, 2.24) is 9.80 Å². The number of nitrogens with zero attached hydrogens (tertiary/aromatic N) is 2. The van der Waals surface area contributed by atoms with E-state index in [0.717, 1.165) is 11.4 Å². The number of likely N-dealkylation sites (N-methyl/N-ethyl adjacent to an activating group) is 1. The molecule has 210 valence electrons. The molecule has 0 aliphatic carbocycles. The SMILES string of the molecule is CN(C)CCOCCOCCOCCOCCOCCOCCOCCOCCN1C(=O)C=CC1=O. The van der Waals surface area contributed by atoms with E-state index in [9.17, 15) is 9.59 Å². The Kier molecular flexibility index (Phi) is 21.6. The predicted molar refractivity (Wildman–Crippen MR) is 131 cm³/mol. The Morgan fingerprint density at radius 2 is 0.778 bits per heavy atom. The molecular formula is C24H44N2O10. The van der Waals surface area contributed by atoms with E-state index in [4.69, 9.17) is 37.9 Å². The molecule has 0 aromatic rings. The van der Waals surface area contributed by atoms with Crippen LogP contribution < -0.4 is 0 Å². The van der Waals surface area contributed by atoms with Crippen LogP contribution in [0.4, 0.5) is 0 Å². The number of hydrogen-bond acceptors (Lipinski definition) is 11. The molecule has 1 aliphatic heterocycles. The predicted octanol–water partition coefficient (Wildman–Crippen LogP) is -0.394. The fourth-order valence-corrected chi connectivity index (χ4v) is 2.70. The van der Waals surface area contributed by atoms with Gasteiger partial charge >= 0.3 is 0 Å². The molecule has 0 N–H and O–H groups in total. The standard InChI is InChI=1S/C24H44N2O10/c1-25(2)5-7-29-9-11-31-13-15-33-17-19-35-21-22-36-20-18-34-16-14-32-12-10-30-8-6-26-23(27)3-4-24(26)28/h3-4H,5-22H2,1-2H3. The van der Waals surface area contributed by atoms with Gasteiger partial charge in [0.2, 0.25) is 0 Å². The van der Waals surface area contributed by atoms with Crippen LogP contribution >= 0.6 is 0 Å².